The Labute approximate surface area is 81.5 Å². The summed E-state index contributed by atoms with van der Waals surface area (Å²) in [6.07, 6.45) is 8.75. The van der Waals surface area contributed by atoms with Gasteiger partial charge in [-0.15, -0.1) is 0 Å². The number of thioether (sulfide) groups is 1. The highest BCUT2D eigenvalue weighted by molar-refractivity contribution is 7.99. The molecule has 0 bridgehead atoms. The summed E-state index contributed by atoms with van der Waals surface area (Å²) in [6.45, 7) is 4.68. The lowest BCUT2D eigenvalue weighted by Gasteiger charge is -2.26. The average molecular weight is 186 g/mol. The van der Waals surface area contributed by atoms with Crippen molar-refractivity contribution in [2.75, 3.05) is 5.75 Å². The molecule has 0 saturated carbocycles. The third-order valence-corrected chi connectivity index (χ3v) is 4.04. The molecule has 72 valence electrons. The molecule has 1 aliphatic heterocycles. The van der Waals surface area contributed by atoms with E-state index in [1.165, 1.54) is 44.3 Å². The molecule has 2 atom stereocenters. The van der Waals surface area contributed by atoms with Crippen LogP contribution in [0, 0.1) is 5.92 Å². The Kier molecular flexibility index (Phi) is 5.13. The number of unbranched alkanes of at least 4 members (excludes halogenated alkanes) is 2. The Hall–Kier alpha value is 0.350. The lowest BCUT2D eigenvalue weighted by molar-refractivity contribution is 0.409. The highest BCUT2D eigenvalue weighted by Gasteiger charge is 2.18. The van der Waals surface area contributed by atoms with E-state index in [4.69, 9.17) is 0 Å². The van der Waals surface area contributed by atoms with Crippen LogP contribution in [-0.4, -0.2) is 11.0 Å². The van der Waals surface area contributed by atoms with Crippen molar-refractivity contribution in [1.29, 1.82) is 0 Å². The molecule has 0 spiro atoms. The van der Waals surface area contributed by atoms with Crippen LogP contribution in [0.2, 0.25) is 0 Å². The van der Waals surface area contributed by atoms with Gasteiger partial charge < -0.3 is 0 Å². The molecule has 0 amide bonds. The standard InChI is InChI=1S/C11H22S/c1-3-4-5-6-11-7-8-12-10(2)9-11/h10-11H,3-9H2,1-2H3/t10-,11-/m0/s1. The normalized spacial score (nSPS) is 30.5. The smallest absolute Gasteiger partial charge is 0.00213 e. The van der Waals surface area contributed by atoms with E-state index in [0.717, 1.165) is 11.2 Å². The molecule has 0 N–H and O–H groups in total. The molecule has 1 heteroatoms. The first-order valence-corrected chi connectivity index (χ1v) is 6.49. The molecule has 1 saturated heterocycles. The second-order valence-electron chi connectivity index (χ2n) is 4.07. The van der Waals surface area contributed by atoms with Crippen LogP contribution in [0.25, 0.3) is 0 Å². The predicted molar refractivity (Wildman–Crippen MR) is 58.8 cm³/mol. The van der Waals surface area contributed by atoms with Crippen LogP contribution in [0.1, 0.15) is 52.4 Å². The Morgan fingerprint density at radius 3 is 2.83 bits per heavy atom. The summed E-state index contributed by atoms with van der Waals surface area (Å²) in [7, 11) is 0. The SMILES string of the molecule is CCCCC[C@H]1CCS[C@@H](C)C1. The van der Waals surface area contributed by atoms with Gasteiger partial charge in [-0.25, -0.2) is 0 Å². The lowest BCUT2D eigenvalue weighted by atomic mass is 9.93. The maximum Gasteiger partial charge on any atom is 0.00213 e. The molecule has 1 rings (SSSR count). The Balaban J connectivity index is 2.06. The fraction of sp³-hybridized carbons (Fsp3) is 1.00. The fourth-order valence-corrected chi connectivity index (χ4v) is 3.32. The summed E-state index contributed by atoms with van der Waals surface area (Å²) in [4.78, 5) is 0. The molecule has 1 aliphatic rings. The van der Waals surface area contributed by atoms with Crippen molar-refractivity contribution < 1.29 is 0 Å². The van der Waals surface area contributed by atoms with Gasteiger partial charge in [-0.2, -0.15) is 11.8 Å². The van der Waals surface area contributed by atoms with Crippen LogP contribution in [-0.2, 0) is 0 Å². The van der Waals surface area contributed by atoms with Crippen LogP contribution in [0.15, 0.2) is 0 Å². The van der Waals surface area contributed by atoms with Gasteiger partial charge in [-0.3, -0.25) is 0 Å². The quantitative estimate of drug-likeness (QED) is 0.596. The maximum atomic E-state index is 2.39. The Morgan fingerprint density at radius 2 is 2.17 bits per heavy atom. The Bertz CT molecular complexity index is 112. The zero-order chi connectivity index (χ0) is 8.81. The highest BCUT2D eigenvalue weighted by Crippen LogP contribution is 2.32. The molecule has 12 heavy (non-hydrogen) atoms. The van der Waals surface area contributed by atoms with Gasteiger partial charge in [0.15, 0.2) is 0 Å². The van der Waals surface area contributed by atoms with Gasteiger partial charge in [0.05, 0.1) is 0 Å². The minimum Gasteiger partial charge on any atom is -0.159 e. The molecule has 0 aliphatic carbocycles. The lowest BCUT2D eigenvalue weighted by Crippen LogP contribution is -2.15. The van der Waals surface area contributed by atoms with E-state index in [9.17, 15) is 0 Å². The zero-order valence-electron chi connectivity index (χ0n) is 8.51. The molecule has 0 radical (unpaired) electrons. The van der Waals surface area contributed by atoms with Gasteiger partial charge in [0, 0.05) is 5.25 Å². The summed E-state index contributed by atoms with van der Waals surface area (Å²) in [5.74, 6) is 2.48. The van der Waals surface area contributed by atoms with Crippen LogP contribution in [0.5, 0.6) is 0 Å². The summed E-state index contributed by atoms with van der Waals surface area (Å²) in [5.41, 5.74) is 0. The second-order valence-corrected chi connectivity index (χ2v) is 5.61. The molecular weight excluding hydrogens is 164 g/mol. The molecule has 1 heterocycles. The van der Waals surface area contributed by atoms with Gasteiger partial charge in [0.1, 0.15) is 0 Å². The van der Waals surface area contributed by atoms with E-state index >= 15 is 0 Å². The second kappa shape index (κ2) is 5.90. The van der Waals surface area contributed by atoms with Crippen molar-refractivity contribution in [2.24, 2.45) is 5.92 Å². The minimum atomic E-state index is 0.936. The molecule has 0 aromatic carbocycles. The van der Waals surface area contributed by atoms with Crippen LogP contribution in [0.4, 0.5) is 0 Å². The van der Waals surface area contributed by atoms with Crippen LogP contribution in [0.3, 0.4) is 0 Å². The molecular formula is C11H22S. The number of hydrogen-bond acceptors (Lipinski definition) is 1. The van der Waals surface area contributed by atoms with Gasteiger partial charge >= 0.3 is 0 Å². The van der Waals surface area contributed by atoms with E-state index in [1.807, 2.05) is 0 Å². The van der Waals surface area contributed by atoms with Crippen molar-refractivity contribution in [3.63, 3.8) is 0 Å². The largest absolute Gasteiger partial charge is 0.159 e. The third-order valence-electron chi connectivity index (χ3n) is 2.81. The summed E-state index contributed by atoms with van der Waals surface area (Å²) < 4.78 is 0. The summed E-state index contributed by atoms with van der Waals surface area (Å²) in [5, 5.41) is 0.936. The van der Waals surface area contributed by atoms with Gasteiger partial charge in [-0.1, -0.05) is 39.5 Å². The molecule has 0 aromatic heterocycles. The van der Waals surface area contributed by atoms with E-state index in [0.29, 0.717) is 0 Å². The molecule has 0 unspecified atom stereocenters. The maximum absolute atomic E-state index is 2.39. The first kappa shape index (κ1) is 10.4. The van der Waals surface area contributed by atoms with E-state index in [-0.39, 0.29) is 0 Å². The minimum absolute atomic E-state index is 0.936. The van der Waals surface area contributed by atoms with Gasteiger partial charge in [0.25, 0.3) is 0 Å². The predicted octanol–water partition coefficient (Wildman–Crippen LogP) is 4.10. The number of rotatable bonds is 4. The van der Waals surface area contributed by atoms with E-state index in [1.54, 1.807) is 0 Å². The summed E-state index contributed by atoms with van der Waals surface area (Å²) in [6, 6.07) is 0. The van der Waals surface area contributed by atoms with Gasteiger partial charge in [0.2, 0.25) is 0 Å². The van der Waals surface area contributed by atoms with Crippen molar-refractivity contribution in [2.45, 2.75) is 57.6 Å². The van der Waals surface area contributed by atoms with Gasteiger partial charge in [-0.05, 0) is 24.5 Å². The zero-order valence-corrected chi connectivity index (χ0v) is 9.33. The van der Waals surface area contributed by atoms with Crippen LogP contribution < -0.4 is 0 Å². The first-order valence-electron chi connectivity index (χ1n) is 5.44. The third kappa shape index (κ3) is 3.84. The molecule has 0 aromatic rings. The first-order chi connectivity index (χ1) is 5.83. The number of hydrogen-bond donors (Lipinski definition) is 0. The summed E-state index contributed by atoms with van der Waals surface area (Å²) >= 11 is 2.16. The van der Waals surface area contributed by atoms with E-state index < -0.39 is 0 Å². The monoisotopic (exact) mass is 186 g/mol. The van der Waals surface area contributed by atoms with Crippen molar-refractivity contribution >= 4 is 11.8 Å². The molecule has 1 fully saturated rings. The van der Waals surface area contributed by atoms with Crippen molar-refractivity contribution in [3.05, 3.63) is 0 Å². The molecule has 0 nitrogen and oxygen atoms in total. The van der Waals surface area contributed by atoms with Crippen LogP contribution >= 0.6 is 11.8 Å². The van der Waals surface area contributed by atoms with E-state index in [2.05, 4.69) is 25.6 Å². The highest BCUT2D eigenvalue weighted by atomic mass is 32.2. The Morgan fingerprint density at radius 1 is 1.33 bits per heavy atom. The topological polar surface area (TPSA) is 0 Å². The average Bonchev–Trinajstić information content (AvgIpc) is 2.05. The van der Waals surface area contributed by atoms with Crippen molar-refractivity contribution in [1.82, 2.24) is 0 Å². The fourth-order valence-electron chi connectivity index (χ4n) is 2.04. The van der Waals surface area contributed by atoms with Crippen molar-refractivity contribution in [3.8, 4) is 0 Å².